The molecule has 1 atom stereocenters. The first-order chi connectivity index (χ1) is 13.6. The maximum atomic E-state index is 13.2. The molecule has 0 bridgehead atoms. The fourth-order valence-electron chi connectivity index (χ4n) is 3.08. The maximum absolute atomic E-state index is 13.2. The van der Waals surface area contributed by atoms with E-state index in [1.165, 1.54) is 0 Å². The van der Waals surface area contributed by atoms with Crippen molar-refractivity contribution in [1.82, 2.24) is 10.2 Å². The van der Waals surface area contributed by atoms with Gasteiger partial charge >= 0.3 is 0 Å². The number of carbonyl (C=O) groups excluding carboxylic acids is 2. The van der Waals surface area contributed by atoms with E-state index in [2.05, 4.69) is 5.32 Å². The molecule has 2 amide bonds. The number of amides is 2. The van der Waals surface area contributed by atoms with Gasteiger partial charge in [0.1, 0.15) is 11.8 Å². The number of ether oxygens (including phenoxy) is 1. The third-order valence-corrected chi connectivity index (χ3v) is 4.62. The van der Waals surface area contributed by atoms with Gasteiger partial charge in [-0.15, -0.1) is 0 Å². The Morgan fingerprint density at radius 1 is 1.07 bits per heavy atom. The number of nitrogens with one attached hydrogen (secondary N) is 1. The number of benzene rings is 2. The fourth-order valence-corrected chi connectivity index (χ4v) is 3.08. The minimum atomic E-state index is -0.589. The topological polar surface area (TPSA) is 58.6 Å². The van der Waals surface area contributed by atoms with Gasteiger partial charge in [-0.1, -0.05) is 42.0 Å². The summed E-state index contributed by atoms with van der Waals surface area (Å²) in [7, 11) is 1.62. The number of aryl methyl sites for hydroxylation is 1. The molecule has 2 aromatic rings. The van der Waals surface area contributed by atoms with Crippen molar-refractivity contribution < 1.29 is 14.3 Å². The lowest BCUT2D eigenvalue weighted by Crippen LogP contribution is -2.52. The molecule has 0 aliphatic carbocycles. The molecule has 0 spiro atoms. The van der Waals surface area contributed by atoms with Crippen molar-refractivity contribution in [3.8, 4) is 5.75 Å². The Labute approximate surface area is 174 Å². The summed E-state index contributed by atoms with van der Waals surface area (Å²) in [4.78, 5) is 27.6. The molecule has 1 N–H and O–H groups in total. The lowest BCUT2D eigenvalue weighted by atomic mass is 10.1. The Hall–Kier alpha value is -2.82. The average Bonchev–Trinajstić information content (AvgIpc) is 2.64. The Morgan fingerprint density at radius 3 is 2.28 bits per heavy atom. The SMILES string of the molecule is COc1ccc(CN(C(=O)Cc2cccc(C)c2)[C@H](C)C(=O)NC(C)(C)C)cc1. The van der Waals surface area contributed by atoms with Gasteiger partial charge in [0.05, 0.1) is 13.5 Å². The predicted molar refractivity (Wildman–Crippen MR) is 116 cm³/mol. The molecule has 0 fully saturated rings. The summed E-state index contributed by atoms with van der Waals surface area (Å²) >= 11 is 0. The van der Waals surface area contributed by atoms with Gasteiger partial charge in [0.25, 0.3) is 0 Å². The normalized spacial score (nSPS) is 12.2. The Kier molecular flexibility index (Phi) is 7.43. The molecule has 2 aromatic carbocycles. The van der Waals surface area contributed by atoms with E-state index < -0.39 is 6.04 Å². The molecule has 5 nitrogen and oxygen atoms in total. The second kappa shape index (κ2) is 9.59. The monoisotopic (exact) mass is 396 g/mol. The smallest absolute Gasteiger partial charge is 0.242 e. The van der Waals surface area contributed by atoms with E-state index in [1.807, 2.05) is 76.2 Å². The van der Waals surface area contributed by atoms with Gasteiger partial charge in [-0.2, -0.15) is 0 Å². The van der Waals surface area contributed by atoms with Crippen molar-refractivity contribution in [2.45, 2.75) is 59.2 Å². The van der Waals surface area contributed by atoms with Gasteiger partial charge in [0, 0.05) is 12.1 Å². The minimum Gasteiger partial charge on any atom is -0.497 e. The summed E-state index contributed by atoms with van der Waals surface area (Å²) in [5.74, 6) is 0.511. The van der Waals surface area contributed by atoms with E-state index in [0.29, 0.717) is 6.54 Å². The molecule has 0 saturated heterocycles. The van der Waals surface area contributed by atoms with E-state index in [9.17, 15) is 9.59 Å². The van der Waals surface area contributed by atoms with E-state index >= 15 is 0 Å². The molecule has 0 aliphatic heterocycles. The first-order valence-corrected chi connectivity index (χ1v) is 9.89. The molecule has 0 radical (unpaired) electrons. The quantitative estimate of drug-likeness (QED) is 0.773. The van der Waals surface area contributed by atoms with Crippen LogP contribution in [0.5, 0.6) is 5.75 Å². The molecule has 2 rings (SSSR count). The van der Waals surface area contributed by atoms with E-state index in [1.54, 1.807) is 18.9 Å². The molecule has 5 heteroatoms. The van der Waals surface area contributed by atoms with Gasteiger partial charge in [0.15, 0.2) is 0 Å². The molecule has 0 aliphatic rings. The van der Waals surface area contributed by atoms with Gasteiger partial charge in [0.2, 0.25) is 11.8 Å². The lowest BCUT2D eigenvalue weighted by Gasteiger charge is -2.31. The highest BCUT2D eigenvalue weighted by atomic mass is 16.5. The van der Waals surface area contributed by atoms with Gasteiger partial charge in [-0.05, 0) is 57.9 Å². The van der Waals surface area contributed by atoms with Crippen LogP contribution in [0.25, 0.3) is 0 Å². The summed E-state index contributed by atoms with van der Waals surface area (Å²) < 4.78 is 5.21. The standard InChI is InChI=1S/C24H32N2O3/c1-17-8-7-9-20(14-17)15-22(27)26(18(2)23(28)25-24(3,4)5)16-19-10-12-21(29-6)13-11-19/h7-14,18H,15-16H2,1-6H3,(H,25,28)/t18-/m1/s1. The number of hydrogen-bond acceptors (Lipinski definition) is 3. The molecule has 0 saturated carbocycles. The van der Waals surface area contributed by atoms with Crippen LogP contribution in [0.1, 0.15) is 44.4 Å². The second-order valence-corrected chi connectivity index (χ2v) is 8.45. The van der Waals surface area contributed by atoms with E-state index in [-0.39, 0.29) is 23.8 Å². The average molecular weight is 397 g/mol. The molecular formula is C24H32N2O3. The van der Waals surface area contributed by atoms with Gasteiger partial charge < -0.3 is 15.0 Å². The summed E-state index contributed by atoms with van der Waals surface area (Å²) in [6.07, 6.45) is 0.255. The fraction of sp³-hybridized carbons (Fsp3) is 0.417. The second-order valence-electron chi connectivity index (χ2n) is 8.45. The molecule has 29 heavy (non-hydrogen) atoms. The zero-order valence-electron chi connectivity index (χ0n) is 18.3. The molecular weight excluding hydrogens is 364 g/mol. The van der Waals surface area contributed by atoms with Crippen LogP contribution in [-0.4, -0.2) is 35.4 Å². The van der Waals surface area contributed by atoms with Crippen LogP contribution in [0.15, 0.2) is 48.5 Å². The van der Waals surface area contributed by atoms with Crippen molar-refractivity contribution in [3.05, 3.63) is 65.2 Å². The molecule has 156 valence electrons. The number of rotatable bonds is 7. The molecule has 0 unspecified atom stereocenters. The largest absolute Gasteiger partial charge is 0.497 e. The summed E-state index contributed by atoms with van der Waals surface area (Å²) in [6.45, 7) is 9.93. The van der Waals surface area contributed by atoms with Crippen molar-refractivity contribution >= 4 is 11.8 Å². The van der Waals surface area contributed by atoms with Crippen molar-refractivity contribution in [2.75, 3.05) is 7.11 Å². The van der Waals surface area contributed by atoms with Crippen LogP contribution in [0, 0.1) is 6.92 Å². The Bertz CT molecular complexity index is 838. The third-order valence-electron chi connectivity index (χ3n) is 4.62. The van der Waals surface area contributed by atoms with Crippen LogP contribution in [0.3, 0.4) is 0 Å². The van der Waals surface area contributed by atoms with Crippen molar-refractivity contribution in [3.63, 3.8) is 0 Å². The predicted octanol–water partition coefficient (Wildman–Crippen LogP) is 3.88. The van der Waals surface area contributed by atoms with Crippen molar-refractivity contribution in [2.24, 2.45) is 0 Å². The number of hydrogen-bond donors (Lipinski definition) is 1. The highest BCUT2D eigenvalue weighted by molar-refractivity contribution is 5.88. The first-order valence-electron chi connectivity index (χ1n) is 9.89. The number of carbonyl (C=O) groups is 2. The van der Waals surface area contributed by atoms with Gasteiger partial charge in [-0.3, -0.25) is 9.59 Å². The summed E-state index contributed by atoms with van der Waals surface area (Å²) in [5.41, 5.74) is 2.63. The van der Waals surface area contributed by atoms with Crippen LogP contribution in [0.4, 0.5) is 0 Å². The zero-order chi connectivity index (χ0) is 21.6. The highest BCUT2D eigenvalue weighted by Gasteiger charge is 2.28. The Balaban J connectivity index is 2.25. The zero-order valence-corrected chi connectivity index (χ0v) is 18.3. The van der Waals surface area contributed by atoms with E-state index in [4.69, 9.17) is 4.74 Å². The maximum Gasteiger partial charge on any atom is 0.242 e. The highest BCUT2D eigenvalue weighted by Crippen LogP contribution is 2.17. The molecule has 0 heterocycles. The van der Waals surface area contributed by atoms with Gasteiger partial charge in [-0.25, -0.2) is 0 Å². The third kappa shape index (κ3) is 6.93. The van der Waals surface area contributed by atoms with Crippen LogP contribution < -0.4 is 10.1 Å². The van der Waals surface area contributed by atoms with Crippen LogP contribution >= 0.6 is 0 Å². The van der Waals surface area contributed by atoms with Crippen molar-refractivity contribution in [1.29, 1.82) is 0 Å². The number of methoxy groups -OCH3 is 1. The molecule has 0 aromatic heterocycles. The first kappa shape index (κ1) is 22.5. The number of nitrogens with zero attached hydrogens (tertiary/aromatic N) is 1. The Morgan fingerprint density at radius 2 is 1.72 bits per heavy atom. The minimum absolute atomic E-state index is 0.0806. The lowest BCUT2D eigenvalue weighted by molar-refractivity contribution is -0.140. The van der Waals surface area contributed by atoms with E-state index in [0.717, 1.165) is 22.4 Å². The summed E-state index contributed by atoms with van der Waals surface area (Å²) in [6, 6.07) is 14.9. The summed E-state index contributed by atoms with van der Waals surface area (Å²) in [5, 5.41) is 2.98. The van der Waals surface area contributed by atoms with Crippen LogP contribution in [-0.2, 0) is 22.6 Å². The van der Waals surface area contributed by atoms with Crippen LogP contribution in [0.2, 0.25) is 0 Å².